The van der Waals surface area contributed by atoms with Crippen molar-refractivity contribution in [2.24, 2.45) is 7.05 Å². The molecular weight excluding hydrogens is 354 g/mol. The molecule has 0 saturated heterocycles. The van der Waals surface area contributed by atoms with Crippen LogP contribution in [0, 0.1) is 20.8 Å². The molecule has 0 aliphatic rings. The van der Waals surface area contributed by atoms with Gasteiger partial charge >= 0.3 is 0 Å². The van der Waals surface area contributed by atoms with Crippen molar-refractivity contribution in [3.05, 3.63) is 89.5 Å². The number of fused-ring (bicyclic) bond motifs is 3. The molecule has 142 valence electrons. The number of nitrogens with zero attached hydrogens (tertiary/aromatic N) is 1. The van der Waals surface area contributed by atoms with Crippen molar-refractivity contribution < 1.29 is 15.8 Å². The van der Waals surface area contributed by atoms with E-state index in [2.05, 4.69) is 43.5 Å². The Bertz CT molecular complexity index is 1620. The summed E-state index contributed by atoms with van der Waals surface area (Å²) in [5, 5.41) is 1.78. The third-order valence-corrected chi connectivity index (χ3v) is 5.64. The van der Waals surface area contributed by atoms with Crippen molar-refractivity contribution in [1.82, 2.24) is 0 Å². The van der Waals surface area contributed by atoms with Crippen LogP contribution in [0.5, 0.6) is 0 Å². The fraction of sp³-hybridized carbons (Fsp3) is 0.148. The molecule has 2 heterocycles. The maximum absolute atomic E-state index is 8.46. The van der Waals surface area contributed by atoms with Gasteiger partial charge in [0.1, 0.15) is 18.2 Å². The van der Waals surface area contributed by atoms with Crippen LogP contribution in [0.2, 0.25) is 0 Å². The van der Waals surface area contributed by atoms with Gasteiger partial charge in [0.25, 0.3) is 0 Å². The highest BCUT2D eigenvalue weighted by atomic mass is 16.3. The minimum Gasteiger partial charge on any atom is -0.454 e. The molecule has 2 heteroatoms. The van der Waals surface area contributed by atoms with Crippen LogP contribution in [0.15, 0.2) is 77.2 Å². The van der Waals surface area contributed by atoms with E-state index in [0.717, 1.165) is 44.3 Å². The normalized spacial score (nSPS) is 13.9. The zero-order valence-corrected chi connectivity index (χ0v) is 16.9. The molecule has 0 saturated carbocycles. The lowest BCUT2D eigenvalue weighted by Crippen LogP contribution is -2.30. The molecule has 0 bridgehead atoms. The number of benzene rings is 3. The minimum atomic E-state index is -0.406. The van der Waals surface area contributed by atoms with Gasteiger partial charge in [-0.2, -0.15) is 0 Å². The Morgan fingerprint density at radius 3 is 2.48 bits per heavy atom. The molecular formula is C27H24NO+. The molecule has 0 aliphatic carbocycles. The molecule has 0 aliphatic heterocycles. The van der Waals surface area contributed by atoms with Crippen LogP contribution in [-0.4, -0.2) is 0 Å². The number of aromatic nitrogens is 1. The Hall–Kier alpha value is -3.39. The highest BCUT2D eigenvalue weighted by molar-refractivity contribution is 6.13. The zero-order chi connectivity index (χ0) is 24.5. The van der Waals surface area contributed by atoms with Crippen molar-refractivity contribution in [2.75, 3.05) is 0 Å². The summed E-state index contributed by atoms with van der Waals surface area (Å²) in [5.41, 5.74) is 7.25. The molecule has 5 rings (SSSR count). The van der Waals surface area contributed by atoms with Crippen molar-refractivity contribution in [2.45, 2.75) is 20.8 Å². The van der Waals surface area contributed by atoms with Crippen molar-refractivity contribution in [1.29, 1.82) is 0 Å². The molecule has 0 spiro atoms. The maximum Gasteiger partial charge on any atom is 0.216 e. The largest absolute Gasteiger partial charge is 0.454 e. The lowest BCUT2D eigenvalue weighted by Gasteiger charge is -2.09. The van der Waals surface area contributed by atoms with Gasteiger partial charge in [-0.1, -0.05) is 48.4 Å². The summed E-state index contributed by atoms with van der Waals surface area (Å²) in [7, 11) is 2.00. The molecule has 2 nitrogen and oxygen atoms in total. The second-order valence-corrected chi connectivity index (χ2v) is 7.55. The molecule has 0 radical (unpaired) electrons. The lowest BCUT2D eigenvalue weighted by atomic mass is 9.95. The van der Waals surface area contributed by atoms with Gasteiger partial charge < -0.3 is 4.42 Å². The van der Waals surface area contributed by atoms with Gasteiger partial charge in [-0.25, -0.2) is 4.57 Å². The zero-order valence-electron chi connectivity index (χ0n) is 21.9. The van der Waals surface area contributed by atoms with Gasteiger partial charge in [0, 0.05) is 28.5 Å². The van der Waals surface area contributed by atoms with E-state index in [9.17, 15) is 0 Å². The van der Waals surface area contributed by atoms with Crippen LogP contribution in [0.3, 0.4) is 0 Å². The number of hydrogen-bond acceptors (Lipinski definition) is 1. The smallest absolute Gasteiger partial charge is 0.216 e. The first-order chi connectivity index (χ1) is 16.1. The van der Waals surface area contributed by atoms with Crippen LogP contribution < -0.4 is 4.57 Å². The summed E-state index contributed by atoms with van der Waals surface area (Å²) in [6.07, 6.45) is 2.03. The fourth-order valence-electron chi connectivity index (χ4n) is 3.97. The summed E-state index contributed by atoms with van der Waals surface area (Å²) in [6, 6.07) is 10.2. The van der Waals surface area contributed by atoms with E-state index < -0.39 is 6.04 Å². The molecule has 2 aromatic heterocycles. The van der Waals surface area contributed by atoms with Crippen molar-refractivity contribution in [3.8, 4) is 22.4 Å². The first kappa shape index (κ1) is 12.9. The quantitative estimate of drug-likeness (QED) is 0.311. The number of hydrogen-bond donors (Lipinski definition) is 0. The number of para-hydroxylation sites is 1. The summed E-state index contributed by atoms with van der Waals surface area (Å²) < 4.78 is 49.7. The number of pyridine rings is 1. The Labute approximate surface area is 178 Å². The third kappa shape index (κ3) is 2.75. The minimum absolute atomic E-state index is 0.145. The average Bonchev–Trinajstić information content (AvgIpc) is 3.18. The van der Waals surface area contributed by atoms with Crippen LogP contribution in [0.4, 0.5) is 0 Å². The Kier molecular flexibility index (Phi) is 2.94. The second kappa shape index (κ2) is 6.59. The summed E-state index contributed by atoms with van der Waals surface area (Å²) in [4.78, 5) is 0. The van der Waals surface area contributed by atoms with Crippen molar-refractivity contribution in [3.63, 3.8) is 0 Å². The number of furan rings is 1. The molecule has 5 aromatic rings. The number of aryl methyl sites for hydroxylation is 3. The Morgan fingerprint density at radius 2 is 1.69 bits per heavy atom. The highest BCUT2D eigenvalue weighted by Gasteiger charge is 2.23. The van der Waals surface area contributed by atoms with Gasteiger partial charge in [-0.3, -0.25) is 0 Å². The van der Waals surface area contributed by atoms with E-state index in [0.29, 0.717) is 11.1 Å². The van der Waals surface area contributed by atoms with E-state index in [1.54, 1.807) is 6.07 Å². The van der Waals surface area contributed by atoms with Crippen LogP contribution in [0.1, 0.15) is 23.5 Å². The average molecular weight is 384 g/mol. The van der Waals surface area contributed by atoms with Crippen LogP contribution in [-0.2, 0) is 7.05 Å². The lowest BCUT2D eigenvalue weighted by molar-refractivity contribution is -0.660. The molecule has 3 aromatic carbocycles. The van der Waals surface area contributed by atoms with Crippen LogP contribution >= 0.6 is 0 Å². The van der Waals surface area contributed by atoms with E-state index in [1.807, 2.05) is 25.4 Å². The van der Waals surface area contributed by atoms with Gasteiger partial charge in [-0.05, 0) is 49.1 Å². The van der Waals surface area contributed by atoms with Gasteiger partial charge in [-0.15, -0.1) is 0 Å². The second-order valence-electron chi connectivity index (χ2n) is 7.55. The monoisotopic (exact) mass is 383 g/mol. The standard InChI is InChI=1S/C27H24NO/c1-17-13-14-28(4)24(15-17)25-19(3)18(2)16-23-22-12-8-11-21(26(22)29-27(23)25)20-9-6-5-7-10-20/h5-16H,1-4H3/q+1/i5D,6D,7D,9D,10D. The third-order valence-electron chi connectivity index (χ3n) is 5.64. The number of rotatable bonds is 2. The fourth-order valence-corrected chi connectivity index (χ4v) is 3.97. The van der Waals surface area contributed by atoms with E-state index >= 15 is 0 Å². The molecule has 0 N–H and O–H groups in total. The maximum atomic E-state index is 8.46. The van der Waals surface area contributed by atoms with Gasteiger partial charge in [0.2, 0.25) is 5.69 Å². The topological polar surface area (TPSA) is 17.0 Å². The molecule has 0 amide bonds. The predicted octanol–water partition coefficient (Wildman–Crippen LogP) is 6.67. The van der Waals surface area contributed by atoms with Gasteiger partial charge in [0.15, 0.2) is 6.20 Å². The summed E-state index contributed by atoms with van der Waals surface area (Å²) >= 11 is 0. The summed E-state index contributed by atoms with van der Waals surface area (Å²) in [6.45, 7) is 6.21. The SMILES string of the molecule is [2H]c1c([2H])c([2H])c(-c2cccc3c2oc2c(-c4cc(C)cc[n+]4C)c(C)c(C)cc23)c([2H])c1[2H]. The predicted molar refractivity (Wildman–Crippen MR) is 120 cm³/mol. The Balaban J connectivity index is 1.94. The van der Waals surface area contributed by atoms with E-state index in [-0.39, 0.29) is 29.7 Å². The first-order valence-electron chi connectivity index (χ1n) is 12.1. The van der Waals surface area contributed by atoms with E-state index in [4.69, 9.17) is 11.3 Å². The summed E-state index contributed by atoms with van der Waals surface area (Å²) in [5.74, 6) is 0. The van der Waals surface area contributed by atoms with Crippen molar-refractivity contribution >= 4 is 21.9 Å². The molecule has 0 unspecified atom stereocenters. The van der Waals surface area contributed by atoms with E-state index in [1.165, 1.54) is 0 Å². The molecule has 0 fully saturated rings. The highest BCUT2D eigenvalue weighted by Crippen LogP contribution is 2.41. The first-order valence-corrected chi connectivity index (χ1v) is 9.61. The van der Waals surface area contributed by atoms with Gasteiger partial charge in [0.05, 0.1) is 12.4 Å². The van der Waals surface area contributed by atoms with Crippen LogP contribution in [0.25, 0.3) is 44.3 Å². The Morgan fingerprint density at radius 1 is 0.897 bits per heavy atom. The molecule has 0 atom stereocenters. The molecule has 29 heavy (non-hydrogen) atoms.